The lowest BCUT2D eigenvalue weighted by Gasteiger charge is -2.20. The van der Waals surface area contributed by atoms with E-state index >= 15 is 0 Å². The van der Waals surface area contributed by atoms with E-state index < -0.39 is 10.0 Å². The number of aromatic nitrogens is 1. The lowest BCUT2D eigenvalue weighted by Crippen LogP contribution is -2.31. The van der Waals surface area contributed by atoms with Crippen molar-refractivity contribution in [3.05, 3.63) is 35.8 Å². The Labute approximate surface area is 121 Å². The normalized spacial score (nSPS) is 10.9. The molecule has 0 aliphatic rings. The molecule has 20 heavy (non-hydrogen) atoms. The van der Waals surface area contributed by atoms with Crippen LogP contribution in [0.4, 0.5) is 10.8 Å². The van der Waals surface area contributed by atoms with Crippen LogP contribution in [0.1, 0.15) is 6.42 Å². The Morgan fingerprint density at radius 3 is 2.60 bits per heavy atom. The van der Waals surface area contributed by atoms with Gasteiger partial charge in [-0.25, -0.2) is 17.7 Å². The third-order valence-corrected chi connectivity index (χ3v) is 5.24. The van der Waals surface area contributed by atoms with Gasteiger partial charge in [-0.3, -0.25) is 0 Å². The van der Waals surface area contributed by atoms with E-state index in [-0.39, 0.29) is 17.9 Å². The standard InChI is InChI=1S/C12H12N4O2S2/c13-6-1-8-16(12-15-7-9-19-12)20(17,18)11-4-2-10(14)3-5-11/h2-5,7,9H,1,8,14H2. The van der Waals surface area contributed by atoms with Crippen LogP contribution in [0.2, 0.25) is 0 Å². The minimum atomic E-state index is -3.74. The fourth-order valence-electron chi connectivity index (χ4n) is 1.58. The van der Waals surface area contributed by atoms with Crippen molar-refractivity contribution in [2.24, 2.45) is 0 Å². The molecule has 0 atom stereocenters. The number of nitriles is 1. The number of sulfonamides is 1. The minimum absolute atomic E-state index is 0.0662. The van der Waals surface area contributed by atoms with Crippen molar-refractivity contribution in [3.8, 4) is 6.07 Å². The molecule has 0 amide bonds. The van der Waals surface area contributed by atoms with E-state index in [4.69, 9.17) is 11.0 Å². The van der Waals surface area contributed by atoms with Crippen LogP contribution in [-0.2, 0) is 10.0 Å². The number of nitrogens with zero attached hydrogens (tertiary/aromatic N) is 3. The maximum absolute atomic E-state index is 12.6. The molecule has 8 heteroatoms. The summed E-state index contributed by atoms with van der Waals surface area (Å²) in [6.45, 7) is 0.0662. The Hall–Kier alpha value is -2.11. The largest absolute Gasteiger partial charge is 0.399 e. The molecule has 0 saturated carbocycles. The van der Waals surface area contributed by atoms with Gasteiger partial charge in [-0.05, 0) is 24.3 Å². The highest BCUT2D eigenvalue weighted by Gasteiger charge is 2.26. The van der Waals surface area contributed by atoms with Crippen molar-refractivity contribution in [1.82, 2.24) is 4.98 Å². The highest BCUT2D eigenvalue weighted by molar-refractivity contribution is 7.93. The predicted molar refractivity (Wildman–Crippen MR) is 77.7 cm³/mol. The highest BCUT2D eigenvalue weighted by Crippen LogP contribution is 2.26. The van der Waals surface area contributed by atoms with Crippen LogP contribution in [0.5, 0.6) is 0 Å². The lowest BCUT2D eigenvalue weighted by atomic mass is 10.3. The van der Waals surface area contributed by atoms with Crippen LogP contribution in [0.15, 0.2) is 40.7 Å². The number of hydrogen-bond donors (Lipinski definition) is 1. The lowest BCUT2D eigenvalue weighted by molar-refractivity contribution is 0.591. The molecule has 0 fully saturated rings. The average Bonchev–Trinajstić information content (AvgIpc) is 2.93. The first kappa shape index (κ1) is 14.3. The molecule has 2 rings (SSSR count). The van der Waals surface area contributed by atoms with Gasteiger partial charge in [0.2, 0.25) is 0 Å². The molecule has 0 spiro atoms. The Morgan fingerprint density at radius 2 is 2.05 bits per heavy atom. The van der Waals surface area contributed by atoms with E-state index in [1.54, 1.807) is 5.38 Å². The number of hydrogen-bond acceptors (Lipinski definition) is 6. The van der Waals surface area contributed by atoms with Crippen molar-refractivity contribution < 1.29 is 8.42 Å². The second-order valence-corrected chi connectivity index (χ2v) is 6.60. The first-order valence-corrected chi connectivity index (χ1v) is 8.02. The van der Waals surface area contributed by atoms with E-state index in [0.717, 1.165) is 4.31 Å². The van der Waals surface area contributed by atoms with Gasteiger partial charge in [0.15, 0.2) is 5.13 Å². The summed E-state index contributed by atoms with van der Waals surface area (Å²) in [4.78, 5) is 4.13. The third kappa shape index (κ3) is 2.89. The Bertz CT molecular complexity index is 703. The monoisotopic (exact) mass is 308 g/mol. The number of rotatable bonds is 5. The van der Waals surface area contributed by atoms with Gasteiger partial charge in [0.25, 0.3) is 10.0 Å². The minimum Gasteiger partial charge on any atom is -0.399 e. The van der Waals surface area contributed by atoms with Gasteiger partial charge in [-0.15, -0.1) is 11.3 Å². The van der Waals surface area contributed by atoms with E-state index in [1.165, 1.54) is 41.8 Å². The number of thiazole rings is 1. The van der Waals surface area contributed by atoms with Gasteiger partial charge in [-0.1, -0.05) is 0 Å². The summed E-state index contributed by atoms with van der Waals surface area (Å²) < 4.78 is 26.3. The number of benzene rings is 1. The molecule has 104 valence electrons. The summed E-state index contributed by atoms with van der Waals surface area (Å²) in [5, 5.41) is 10.7. The van der Waals surface area contributed by atoms with Crippen LogP contribution >= 0.6 is 11.3 Å². The first-order valence-electron chi connectivity index (χ1n) is 5.70. The zero-order valence-electron chi connectivity index (χ0n) is 10.4. The number of nitrogens with two attached hydrogens (primary N) is 1. The summed E-state index contributed by atoms with van der Waals surface area (Å²) in [5.41, 5.74) is 6.05. The zero-order valence-corrected chi connectivity index (χ0v) is 12.1. The van der Waals surface area contributed by atoms with Crippen LogP contribution in [0, 0.1) is 11.3 Å². The molecule has 1 aromatic carbocycles. The summed E-state index contributed by atoms with van der Waals surface area (Å²) in [7, 11) is -3.74. The van der Waals surface area contributed by atoms with Crippen LogP contribution < -0.4 is 10.0 Å². The predicted octanol–water partition coefficient (Wildman–Crippen LogP) is 1.83. The molecule has 6 nitrogen and oxygen atoms in total. The molecule has 0 aliphatic carbocycles. The molecular formula is C12H12N4O2S2. The van der Waals surface area contributed by atoms with Gasteiger partial charge in [0, 0.05) is 23.8 Å². The number of nitrogen functional groups attached to an aromatic ring is 1. The molecule has 1 heterocycles. The summed E-state index contributed by atoms with van der Waals surface area (Å²) in [6, 6.07) is 7.88. The fourth-order valence-corrected chi connectivity index (χ4v) is 3.89. The van der Waals surface area contributed by atoms with Crippen molar-refractivity contribution in [2.75, 3.05) is 16.6 Å². The van der Waals surface area contributed by atoms with Crippen LogP contribution in [-0.4, -0.2) is 19.9 Å². The second kappa shape index (κ2) is 5.90. The first-order chi connectivity index (χ1) is 9.55. The van der Waals surface area contributed by atoms with E-state index in [2.05, 4.69) is 4.98 Å². The zero-order chi connectivity index (χ0) is 14.6. The van der Waals surface area contributed by atoms with Crippen molar-refractivity contribution in [1.29, 1.82) is 5.26 Å². The van der Waals surface area contributed by atoms with Gasteiger partial charge in [0.1, 0.15) is 0 Å². The Balaban J connectivity index is 2.41. The van der Waals surface area contributed by atoms with E-state index in [9.17, 15) is 8.42 Å². The summed E-state index contributed by atoms with van der Waals surface area (Å²) in [6.07, 6.45) is 1.62. The summed E-state index contributed by atoms with van der Waals surface area (Å²) in [5.74, 6) is 0. The SMILES string of the molecule is N#CCCN(c1nccs1)S(=O)(=O)c1ccc(N)cc1. The third-order valence-electron chi connectivity index (χ3n) is 2.53. The average molecular weight is 308 g/mol. The van der Waals surface area contributed by atoms with Gasteiger partial charge >= 0.3 is 0 Å². The van der Waals surface area contributed by atoms with Crippen LogP contribution in [0.3, 0.4) is 0 Å². The molecular weight excluding hydrogens is 296 g/mol. The summed E-state index contributed by atoms with van der Waals surface area (Å²) >= 11 is 1.21. The molecule has 2 aromatic rings. The molecule has 2 N–H and O–H groups in total. The maximum Gasteiger partial charge on any atom is 0.266 e. The van der Waals surface area contributed by atoms with Gasteiger partial charge in [-0.2, -0.15) is 5.26 Å². The topological polar surface area (TPSA) is 100 Å². The highest BCUT2D eigenvalue weighted by atomic mass is 32.2. The molecule has 0 bridgehead atoms. The van der Waals surface area contributed by atoms with Crippen molar-refractivity contribution in [2.45, 2.75) is 11.3 Å². The van der Waals surface area contributed by atoms with Gasteiger partial charge < -0.3 is 5.73 Å². The second-order valence-electron chi connectivity index (χ2n) is 3.87. The Morgan fingerprint density at radius 1 is 1.35 bits per heavy atom. The van der Waals surface area contributed by atoms with Crippen LogP contribution in [0.25, 0.3) is 0 Å². The Kier molecular flexibility index (Phi) is 4.22. The molecule has 0 aliphatic heterocycles. The molecule has 0 saturated heterocycles. The van der Waals surface area contributed by atoms with E-state index in [0.29, 0.717) is 10.8 Å². The maximum atomic E-state index is 12.6. The quantitative estimate of drug-likeness (QED) is 0.849. The fraction of sp³-hybridized carbons (Fsp3) is 0.167. The van der Waals surface area contributed by atoms with Crippen molar-refractivity contribution in [3.63, 3.8) is 0 Å². The number of anilines is 2. The van der Waals surface area contributed by atoms with Gasteiger partial charge in [0.05, 0.1) is 17.4 Å². The van der Waals surface area contributed by atoms with Crippen molar-refractivity contribution >= 4 is 32.2 Å². The van der Waals surface area contributed by atoms with E-state index in [1.807, 2.05) is 6.07 Å². The molecule has 0 radical (unpaired) electrons. The smallest absolute Gasteiger partial charge is 0.266 e. The molecule has 0 unspecified atom stereocenters. The molecule has 1 aromatic heterocycles.